The van der Waals surface area contributed by atoms with Crippen molar-refractivity contribution in [1.82, 2.24) is 5.32 Å². The van der Waals surface area contributed by atoms with Crippen LogP contribution in [0.25, 0.3) is 0 Å². The molecule has 0 bridgehead atoms. The third-order valence-corrected chi connectivity index (χ3v) is 3.35. The zero-order valence-electron chi connectivity index (χ0n) is 11.7. The Morgan fingerprint density at radius 1 is 1.42 bits per heavy atom. The summed E-state index contributed by atoms with van der Waals surface area (Å²) in [6, 6.07) is 6.75. The highest BCUT2D eigenvalue weighted by atomic mass is 19.1. The molecule has 0 saturated heterocycles. The highest BCUT2D eigenvalue weighted by Gasteiger charge is 2.23. The van der Waals surface area contributed by atoms with Gasteiger partial charge in [0.15, 0.2) is 0 Å². The van der Waals surface area contributed by atoms with E-state index in [0.29, 0.717) is 25.1 Å². The van der Waals surface area contributed by atoms with E-state index in [0.717, 1.165) is 0 Å². The molecule has 0 heterocycles. The molecule has 0 aliphatic rings. The second-order valence-electron chi connectivity index (χ2n) is 5.57. The fraction of sp³-hybridized carbons (Fsp3) is 0.533. The topological polar surface area (TPSA) is 49.3 Å². The van der Waals surface area contributed by atoms with Crippen LogP contribution in [-0.4, -0.2) is 24.2 Å². The van der Waals surface area contributed by atoms with Crippen molar-refractivity contribution in [2.24, 2.45) is 5.92 Å². The molecule has 0 amide bonds. The van der Waals surface area contributed by atoms with Crippen molar-refractivity contribution < 1.29 is 14.3 Å². The van der Waals surface area contributed by atoms with Crippen molar-refractivity contribution in [3.05, 3.63) is 35.6 Å². The Morgan fingerprint density at radius 2 is 2.05 bits per heavy atom. The first-order valence-corrected chi connectivity index (χ1v) is 6.53. The normalized spacial score (nSPS) is 13.3. The number of aliphatic carboxylic acids is 1. The SMILES string of the molecule is CC(CCNCC(C)(C)c1ccccc1F)C(=O)O. The van der Waals surface area contributed by atoms with Gasteiger partial charge in [-0.05, 0) is 24.6 Å². The molecule has 1 aromatic rings. The summed E-state index contributed by atoms with van der Waals surface area (Å²) in [5.74, 6) is -1.34. The van der Waals surface area contributed by atoms with Crippen LogP contribution in [0, 0.1) is 11.7 Å². The molecule has 0 aliphatic carbocycles. The molecule has 0 radical (unpaired) electrons. The summed E-state index contributed by atoms with van der Waals surface area (Å²) in [6.07, 6.45) is 0.572. The van der Waals surface area contributed by atoms with E-state index < -0.39 is 5.97 Å². The van der Waals surface area contributed by atoms with Crippen LogP contribution < -0.4 is 5.32 Å². The number of hydrogen-bond acceptors (Lipinski definition) is 2. The molecule has 1 unspecified atom stereocenters. The highest BCUT2D eigenvalue weighted by molar-refractivity contribution is 5.69. The molecule has 3 nitrogen and oxygen atoms in total. The van der Waals surface area contributed by atoms with Gasteiger partial charge in [-0.3, -0.25) is 4.79 Å². The Kier molecular flexibility index (Phi) is 5.48. The summed E-state index contributed by atoms with van der Waals surface area (Å²) >= 11 is 0. The van der Waals surface area contributed by atoms with Gasteiger partial charge in [-0.15, -0.1) is 0 Å². The van der Waals surface area contributed by atoms with Crippen molar-refractivity contribution in [3.8, 4) is 0 Å². The third-order valence-electron chi connectivity index (χ3n) is 3.35. The molecular formula is C15H22FNO2. The standard InChI is InChI=1S/C15H22FNO2/c1-11(14(18)19)8-9-17-10-15(2,3)12-6-4-5-7-13(12)16/h4-7,11,17H,8-10H2,1-3H3,(H,18,19). The maximum Gasteiger partial charge on any atom is 0.306 e. The highest BCUT2D eigenvalue weighted by Crippen LogP contribution is 2.24. The molecule has 0 aromatic heterocycles. The van der Waals surface area contributed by atoms with E-state index in [9.17, 15) is 9.18 Å². The maximum atomic E-state index is 13.7. The Hall–Kier alpha value is -1.42. The lowest BCUT2D eigenvalue weighted by Gasteiger charge is -2.26. The van der Waals surface area contributed by atoms with Crippen molar-refractivity contribution in [1.29, 1.82) is 0 Å². The molecule has 19 heavy (non-hydrogen) atoms. The minimum atomic E-state index is -0.782. The number of nitrogens with one attached hydrogen (secondary N) is 1. The van der Waals surface area contributed by atoms with E-state index in [1.807, 2.05) is 19.9 Å². The Morgan fingerprint density at radius 3 is 2.63 bits per heavy atom. The van der Waals surface area contributed by atoms with Crippen LogP contribution in [0.5, 0.6) is 0 Å². The van der Waals surface area contributed by atoms with Gasteiger partial charge >= 0.3 is 5.97 Å². The summed E-state index contributed by atoms with van der Waals surface area (Å²) < 4.78 is 13.7. The number of carboxylic acids is 1. The molecule has 0 saturated carbocycles. The summed E-state index contributed by atoms with van der Waals surface area (Å²) in [6.45, 7) is 6.86. The number of benzene rings is 1. The van der Waals surface area contributed by atoms with Gasteiger partial charge in [0.2, 0.25) is 0 Å². The first-order valence-electron chi connectivity index (χ1n) is 6.53. The predicted molar refractivity (Wildman–Crippen MR) is 73.7 cm³/mol. The van der Waals surface area contributed by atoms with E-state index in [1.54, 1.807) is 19.1 Å². The Labute approximate surface area is 113 Å². The second-order valence-corrected chi connectivity index (χ2v) is 5.57. The number of hydrogen-bond donors (Lipinski definition) is 2. The summed E-state index contributed by atoms with van der Waals surface area (Å²) in [7, 11) is 0. The largest absolute Gasteiger partial charge is 0.481 e. The van der Waals surface area contributed by atoms with Gasteiger partial charge < -0.3 is 10.4 Å². The van der Waals surface area contributed by atoms with Crippen molar-refractivity contribution in [2.75, 3.05) is 13.1 Å². The van der Waals surface area contributed by atoms with E-state index in [-0.39, 0.29) is 17.2 Å². The van der Waals surface area contributed by atoms with Gasteiger partial charge in [0.05, 0.1) is 5.92 Å². The fourth-order valence-corrected chi connectivity index (χ4v) is 1.95. The third kappa shape index (κ3) is 4.63. The number of rotatable bonds is 7. The monoisotopic (exact) mass is 267 g/mol. The lowest BCUT2D eigenvalue weighted by atomic mass is 9.84. The summed E-state index contributed by atoms with van der Waals surface area (Å²) in [4.78, 5) is 10.7. The zero-order valence-corrected chi connectivity index (χ0v) is 11.7. The van der Waals surface area contributed by atoms with Crippen molar-refractivity contribution in [3.63, 3.8) is 0 Å². The van der Waals surface area contributed by atoms with Crippen LogP contribution in [0.3, 0.4) is 0 Å². The van der Waals surface area contributed by atoms with Crippen LogP contribution in [0.2, 0.25) is 0 Å². The molecule has 1 aromatic carbocycles. The predicted octanol–water partition coefficient (Wildman–Crippen LogP) is 2.80. The van der Waals surface area contributed by atoms with Crippen molar-refractivity contribution in [2.45, 2.75) is 32.6 Å². The molecule has 2 N–H and O–H groups in total. The van der Waals surface area contributed by atoms with Gasteiger partial charge in [0.25, 0.3) is 0 Å². The summed E-state index contributed by atoms with van der Waals surface area (Å²) in [5.41, 5.74) is 0.353. The van der Waals surface area contributed by atoms with Gasteiger partial charge in [0.1, 0.15) is 5.82 Å². The van der Waals surface area contributed by atoms with Gasteiger partial charge in [0, 0.05) is 12.0 Å². The van der Waals surface area contributed by atoms with Gasteiger partial charge in [-0.2, -0.15) is 0 Å². The average Bonchev–Trinajstić information content (AvgIpc) is 2.34. The van der Waals surface area contributed by atoms with Crippen LogP contribution in [0.1, 0.15) is 32.8 Å². The van der Waals surface area contributed by atoms with Crippen LogP contribution in [-0.2, 0) is 10.2 Å². The molecule has 0 fully saturated rings. The Balaban J connectivity index is 2.48. The lowest BCUT2D eigenvalue weighted by Crippen LogP contribution is -2.35. The van der Waals surface area contributed by atoms with Crippen molar-refractivity contribution >= 4 is 5.97 Å². The quantitative estimate of drug-likeness (QED) is 0.747. The van der Waals surface area contributed by atoms with E-state index >= 15 is 0 Å². The molecule has 0 aliphatic heterocycles. The minimum Gasteiger partial charge on any atom is -0.481 e. The molecular weight excluding hydrogens is 245 g/mol. The smallest absolute Gasteiger partial charge is 0.306 e. The van der Waals surface area contributed by atoms with E-state index in [4.69, 9.17) is 5.11 Å². The maximum absolute atomic E-state index is 13.7. The first kappa shape index (κ1) is 15.6. The number of carbonyl (C=O) groups is 1. The van der Waals surface area contributed by atoms with Gasteiger partial charge in [-0.25, -0.2) is 4.39 Å². The number of carboxylic acid groups (broad SMARTS) is 1. The summed E-state index contributed by atoms with van der Waals surface area (Å²) in [5, 5.41) is 12.0. The fourth-order valence-electron chi connectivity index (χ4n) is 1.95. The van der Waals surface area contributed by atoms with E-state index in [1.165, 1.54) is 6.07 Å². The molecule has 0 spiro atoms. The van der Waals surface area contributed by atoms with Crippen LogP contribution in [0.4, 0.5) is 4.39 Å². The minimum absolute atomic E-state index is 0.201. The van der Waals surface area contributed by atoms with E-state index in [2.05, 4.69) is 5.32 Å². The molecule has 4 heteroatoms. The zero-order chi connectivity index (χ0) is 14.5. The van der Waals surface area contributed by atoms with Gasteiger partial charge in [-0.1, -0.05) is 39.0 Å². The lowest BCUT2D eigenvalue weighted by molar-refractivity contribution is -0.141. The first-order chi connectivity index (χ1) is 8.84. The molecule has 1 rings (SSSR count). The Bertz CT molecular complexity index is 432. The van der Waals surface area contributed by atoms with Crippen LogP contribution in [0.15, 0.2) is 24.3 Å². The number of halogens is 1. The molecule has 1 atom stereocenters. The van der Waals surface area contributed by atoms with Crippen LogP contribution >= 0.6 is 0 Å². The molecule has 106 valence electrons. The average molecular weight is 267 g/mol. The second kappa shape index (κ2) is 6.66.